The highest BCUT2D eigenvalue weighted by Gasteiger charge is 2.48. The minimum absolute atomic E-state index is 0.158. The second kappa shape index (κ2) is 18.3. The van der Waals surface area contributed by atoms with Gasteiger partial charge < -0.3 is 0 Å². The van der Waals surface area contributed by atoms with Crippen LogP contribution in [0.4, 0.5) is 0 Å². The van der Waals surface area contributed by atoms with Crippen LogP contribution in [0.25, 0.3) is 0 Å². The van der Waals surface area contributed by atoms with Gasteiger partial charge in [-0.3, -0.25) is 9.98 Å². The Morgan fingerprint density at radius 2 is 0.672 bits per heavy atom. The number of aliphatic imine (C=N–C) groups is 2. The van der Waals surface area contributed by atoms with Crippen LogP contribution in [-0.4, -0.2) is 37.1 Å². The van der Waals surface area contributed by atoms with Crippen molar-refractivity contribution in [3.8, 4) is 0 Å². The lowest BCUT2D eigenvalue weighted by Crippen LogP contribution is -2.38. The first kappa shape index (κ1) is 43.8. The smallest absolute Gasteiger partial charge is 0.256 e. The van der Waals surface area contributed by atoms with Gasteiger partial charge in [-0.05, 0) is 72.5 Å². The molecule has 0 saturated carbocycles. The number of hydrogen-bond donors (Lipinski definition) is 0. The third-order valence-corrected chi connectivity index (χ3v) is 17.0. The molecule has 0 radical (unpaired) electrons. The van der Waals surface area contributed by atoms with Crippen LogP contribution in [0, 0.1) is 13.8 Å². The molecule has 0 N–H and O–H groups in total. The van der Waals surface area contributed by atoms with Gasteiger partial charge in [-0.2, -0.15) is 0 Å². The molecule has 0 aliphatic carbocycles. The maximum Gasteiger partial charge on any atom is 0.266 e. The lowest BCUT2D eigenvalue weighted by molar-refractivity contribution is 0.419. The zero-order chi connectivity index (χ0) is 46.1. The summed E-state index contributed by atoms with van der Waals surface area (Å²) in [6.45, 7) is 3.86. The summed E-state index contributed by atoms with van der Waals surface area (Å²) in [4.78, 5) is 12.5. The molecule has 332 valence electrons. The molecule has 0 bridgehead atoms. The van der Waals surface area contributed by atoms with Gasteiger partial charge >= 0.3 is 0 Å². The third kappa shape index (κ3) is 8.39. The van der Waals surface area contributed by atoms with Gasteiger partial charge in [-0.15, -0.1) is 0 Å². The summed E-state index contributed by atoms with van der Waals surface area (Å²) in [5, 5.41) is 0. The number of hydrogen-bond acceptors (Lipinski definition) is 7. The van der Waals surface area contributed by atoms with Crippen LogP contribution in [0.15, 0.2) is 248 Å². The van der Waals surface area contributed by atoms with Crippen LogP contribution < -0.4 is 0 Å². The van der Waals surface area contributed by atoms with Crippen molar-refractivity contribution in [1.29, 1.82) is 0 Å². The van der Waals surface area contributed by atoms with Gasteiger partial charge in [0.15, 0.2) is 0 Å². The fraction of sp³-hybridized carbons (Fsp3) is 0.107. The minimum Gasteiger partial charge on any atom is -0.256 e. The lowest BCUT2D eigenvalue weighted by atomic mass is 9.95. The van der Waals surface area contributed by atoms with E-state index in [1.54, 1.807) is 24.3 Å². The lowest BCUT2D eigenvalue weighted by Gasteiger charge is -2.31. The van der Waals surface area contributed by atoms with Gasteiger partial charge in [-0.1, -0.05) is 205 Å². The van der Waals surface area contributed by atoms with Crippen molar-refractivity contribution in [2.24, 2.45) is 9.98 Å². The second-order valence-corrected chi connectivity index (χ2v) is 21.4. The van der Waals surface area contributed by atoms with Crippen molar-refractivity contribution in [3.63, 3.8) is 0 Å². The van der Waals surface area contributed by atoms with E-state index in [0.29, 0.717) is 22.8 Å². The average molecular weight is 935 g/mol. The van der Waals surface area contributed by atoms with Gasteiger partial charge in [0.1, 0.15) is 23.8 Å². The number of rotatable bonds is 12. The van der Waals surface area contributed by atoms with Crippen LogP contribution in [0.3, 0.4) is 0 Å². The third-order valence-electron chi connectivity index (χ3n) is 12.2. The summed E-state index contributed by atoms with van der Waals surface area (Å²) >= 11 is 1.42. The van der Waals surface area contributed by atoms with Crippen molar-refractivity contribution in [2.75, 3.05) is 0 Å². The highest BCUT2D eigenvalue weighted by atomic mass is 32.2. The Kier molecular flexibility index (Phi) is 12.0. The first-order chi connectivity index (χ1) is 32.6. The van der Waals surface area contributed by atoms with E-state index >= 15 is 16.8 Å². The zero-order valence-corrected chi connectivity index (χ0v) is 39.2. The second-order valence-electron chi connectivity index (χ2n) is 16.6. The molecule has 2 aliphatic rings. The van der Waals surface area contributed by atoms with E-state index in [-0.39, 0.29) is 9.79 Å². The normalized spacial score (nSPS) is 18.4. The molecule has 4 atom stereocenters. The van der Waals surface area contributed by atoms with E-state index in [1.807, 2.05) is 208 Å². The Labute approximate surface area is 397 Å². The number of benzene rings is 8. The molecule has 0 unspecified atom stereocenters. The first-order valence-electron chi connectivity index (χ1n) is 22.0. The van der Waals surface area contributed by atoms with E-state index in [4.69, 9.17) is 9.98 Å². The molecule has 0 saturated heterocycles. The summed E-state index contributed by atoms with van der Waals surface area (Å²) in [5.41, 5.74) is 6.46. The molecular weight excluding hydrogens is 889 g/mol. The summed E-state index contributed by atoms with van der Waals surface area (Å²) in [7, 11) is -8.44. The number of sulfonamides is 2. The van der Waals surface area contributed by atoms with Crippen molar-refractivity contribution < 1.29 is 16.8 Å². The first-order valence-corrected chi connectivity index (χ1v) is 25.7. The van der Waals surface area contributed by atoms with Crippen molar-refractivity contribution in [3.05, 3.63) is 263 Å². The fourth-order valence-corrected chi connectivity index (χ4v) is 13.2. The predicted molar refractivity (Wildman–Crippen MR) is 267 cm³/mol. The van der Waals surface area contributed by atoms with Crippen molar-refractivity contribution in [1.82, 2.24) is 8.61 Å². The van der Waals surface area contributed by atoms with E-state index in [0.717, 1.165) is 43.2 Å². The monoisotopic (exact) mass is 934 g/mol. The molecule has 11 heteroatoms. The van der Waals surface area contributed by atoms with Crippen LogP contribution in [0.1, 0.15) is 68.7 Å². The molecule has 2 aliphatic heterocycles. The summed E-state index contributed by atoms with van der Waals surface area (Å²) in [6.07, 6.45) is 0. The number of amidine groups is 2. The molecule has 0 amide bonds. The maximum atomic E-state index is 15.3. The number of aryl methyl sites for hydroxylation is 2. The van der Waals surface area contributed by atoms with Gasteiger partial charge in [-0.25, -0.2) is 25.4 Å². The van der Waals surface area contributed by atoms with Gasteiger partial charge in [0, 0.05) is 20.9 Å². The van der Waals surface area contributed by atoms with E-state index in [9.17, 15) is 0 Å². The Hall–Kier alpha value is -7.05. The highest BCUT2D eigenvalue weighted by molar-refractivity contribution is 7.99. The van der Waals surface area contributed by atoms with Crippen LogP contribution in [0.5, 0.6) is 0 Å². The molecule has 67 heavy (non-hydrogen) atoms. The molecule has 2 heterocycles. The molecule has 8 aromatic rings. The fourth-order valence-electron chi connectivity index (χ4n) is 8.94. The quantitative estimate of drug-likeness (QED) is 0.121. The molecule has 8 aromatic carbocycles. The van der Waals surface area contributed by atoms with Crippen LogP contribution >= 0.6 is 11.8 Å². The molecular formula is C56H46N4O4S3. The minimum atomic E-state index is -4.22. The molecule has 0 aromatic heterocycles. The van der Waals surface area contributed by atoms with Crippen molar-refractivity contribution >= 4 is 43.5 Å². The SMILES string of the molecule is Cc1ccc(S(=O)(=O)N2C(c3ccccc3Sc3ccccc3C3=N[C@@H](c4ccccc4)[C@H](c4ccccc4)N3S(=O)(=O)c3ccc(C)cc3)=N[C@@H](c3ccccc3)[C@@H]2c2ccccc2)cc1. The molecule has 0 fully saturated rings. The molecule has 10 rings (SSSR count). The van der Waals surface area contributed by atoms with E-state index in [2.05, 4.69) is 0 Å². The molecule has 8 nitrogen and oxygen atoms in total. The Balaban J connectivity index is 1.14. The number of nitrogens with zero attached hydrogens (tertiary/aromatic N) is 4. The standard InChI is InChI=1S/C56H46N4O4S3/c1-39-31-35-45(36-32-39)66(61,62)59-53(43-23-11-5-12-24-43)51(41-19-7-3-8-20-41)57-55(59)47-27-15-17-29-49(47)65-50-30-18-16-28-48(50)56-58-52(42-21-9-4-10-22-42)54(44-25-13-6-14-26-44)60(56)67(63,64)46-37-33-40(2)34-38-46/h3-38,51-54H,1-2H3/t51-,52-,53-,54-/m0/s1. The van der Waals surface area contributed by atoms with Crippen LogP contribution in [-0.2, 0) is 20.0 Å². The highest BCUT2D eigenvalue weighted by Crippen LogP contribution is 2.50. The van der Waals surface area contributed by atoms with Gasteiger partial charge in [0.25, 0.3) is 20.0 Å². The van der Waals surface area contributed by atoms with Crippen LogP contribution in [0.2, 0.25) is 0 Å². The van der Waals surface area contributed by atoms with E-state index in [1.165, 1.54) is 20.4 Å². The summed E-state index contributed by atoms with van der Waals surface area (Å²) < 4.78 is 64.2. The Morgan fingerprint density at radius 3 is 1.01 bits per heavy atom. The maximum absolute atomic E-state index is 15.3. The average Bonchev–Trinajstić information content (AvgIpc) is 3.98. The zero-order valence-electron chi connectivity index (χ0n) is 36.7. The largest absolute Gasteiger partial charge is 0.266 e. The topological polar surface area (TPSA) is 99.5 Å². The predicted octanol–water partition coefficient (Wildman–Crippen LogP) is 12.3. The van der Waals surface area contributed by atoms with E-state index < -0.39 is 44.2 Å². The Bertz CT molecular complexity index is 3110. The van der Waals surface area contributed by atoms with Crippen molar-refractivity contribution in [2.45, 2.75) is 57.6 Å². The van der Waals surface area contributed by atoms with Gasteiger partial charge in [0.2, 0.25) is 0 Å². The molecule has 0 spiro atoms. The van der Waals surface area contributed by atoms with Gasteiger partial charge in [0.05, 0.1) is 21.9 Å². The summed E-state index contributed by atoms with van der Waals surface area (Å²) in [5.74, 6) is 0.609. The summed E-state index contributed by atoms with van der Waals surface area (Å²) in [6, 6.07) is 65.6. The Morgan fingerprint density at radius 1 is 0.373 bits per heavy atom.